The quantitative estimate of drug-likeness (QED) is 0.908. The van der Waals surface area contributed by atoms with Gasteiger partial charge in [0.15, 0.2) is 0 Å². The summed E-state index contributed by atoms with van der Waals surface area (Å²) in [6.07, 6.45) is 2.56. The fraction of sp³-hybridized carbons (Fsp3) is 0.562. The second-order valence-corrected chi connectivity index (χ2v) is 6.39. The monoisotopic (exact) mass is 332 g/mol. The van der Waals surface area contributed by atoms with Gasteiger partial charge >= 0.3 is 0 Å². The molecule has 7 nitrogen and oxygen atoms in total. The van der Waals surface area contributed by atoms with Gasteiger partial charge in [-0.2, -0.15) is 5.10 Å². The van der Waals surface area contributed by atoms with E-state index in [4.69, 9.17) is 4.74 Å². The molecule has 0 radical (unpaired) electrons. The first-order valence-corrected chi connectivity index (χ1v) is 8.21. The number of rotatable bonds is 3. The average Bonchev–Trinajstić information content (AvgIpc) is 3.14. The van der Waals surface area contributed by atoms with Gasteiger partial charge < -0.3 is 15.0 Å². The zero-order chi connectivity index (χ0) is 16.7. The Kier molecular flexibility index (Phi) is 3.84. The second-order valence-electron chi connectivity index (χ2n) is 6.39. The van der Waals surface area contributed by atoms with Crippen LogP contribution in [0.3, 0.4) is 0 Å². The van der Waals surface area contributed by atoms with Crippen LogP contribution >= 0.6 is 0 Å². The lowest BCUT2D eigenvalue weighted by Gasteiger charge is -2.28. The van der Waals surface area contributed by atoms with Gasteiger partial charge in [0.25, 0.3) is 0 Å². The van der Waals surface area contributed by atoms with Gasteiger partial charge in [-0.25, -0.2) is 14.4 Å². The highest BCUT2D eigenvalue weighted by atomic mass is 19.1. The Morgan fingerprint density at radius 1 is 1.33 bits per heavy atom. The highest BCUT2D eigenvalue weighted by Crippen LogP contribution is 2.32. The smallest absolute Gasteiger partial charge is 0.221 e. The van der Waals surface area contributed by atoms with Crippen LogP contribution in [-0.4, -0.2) is 45.1 Å². The van der Waals surface area contributed by atoms with Crippen molar-refractivity contribution >= 4 is 5.82 Å². The zero-order valence-corrected chi connectivity index (χ0v) is 13.9. The highest BCUT2D eigenvalue weighted by molar-refractivity contribution is 5.53. The Balaban J connectivity index is 1.55. The normalized spacial score (nSPS) is 23.4. The van der Waals surface area contributed by atoms with Gasteiger partial charge in [0.05, 0.1) is 24.0 Å². The van der Waals surface area contributed by atoms with Crippen molar-refractivity contribution in [3.63, 3.8) is 0 Å². The lowest BCUT2D eigenvalue weighted by atomic mass is 10.1. The molecule has 1 fully saturated rings. The number of fused-ring (bicyclic) bond motifs is 1. The second kappa shape index (κ2) is 6.01. The standard InChI is InChI=1S/C16H21FN6O/c1-10-15(23-7-11-5-21-22(2)13(11)8-23)19-9-20-16(10)24-14-3-4-18-6-12(14)17/h5,9,12,14,18H,3-4,6-8H2,1-2H3/t12-,14+/m0/s1. The number of aromatic nitrogens is 4. The van der Waals surface area contributed by atoms with Crippen molar-refractivity contribution in [3.8, 4) is 5.88 Å². The molecule has 4 rings (SSSR count). The minimum atomic E-state index is -1.02. The Bertz CT molecular complexity index is 748. The van der Waals surface area contributed by atoms with Crippen molar-refractivity contribution in [2.75, 3.05) is 18.0 Å². The first-order chi connectivity index (χ1) is 11.6. The van der Waals surface area contributed by atoms with Crippen molar-refractivity contribution in [2.45, 2.75) is 38.7 Å². The van der Waals surface area contributed by atoms with Crippen LogP contribution < -0.4 is 15.0 Å². The third kappa shape index (κ3) is 2.60. The largest absolute Gasteiger partial charge is 0.471 e. The molecule has 2 aliphatic heterocycles. The third-order valence-corrected chi connectivity index (χ3v) is 4.77. The minimum absolute atomic E-state index is 0.329. The van der Waals surface area contributed by atoms with E-state index in [9.17, 15) is 4.39 Å². The van der Waals surface area contributed by atoms with Crippen molar-refractivity contribution in [3.05, 3.63) is 29.3 Å². The SMILES string of the molecule is Cc1c(O[C@@H]2CCNC[C@@H]2F)ncnc1N1Cc2cnn(C)c2C1. The summed E-state index contributed by atoms with van der Waals surface area (Å²) in [6, 6.07) is 0. The molecule has 8 heteroatoms. The minimum Gasteiger partial charge on any atom is -0.471 e. The van der Waals surface area contributed by atoms with Crippen LogP contribution in [0.25, 0.3) is 0 Å². The van der Waals surface area contributed by atoms with Crippen molar-refractivity contribution < 1.29 is 9.13 Å². The molecular formula is C16H21FN6O. The Labute approximate surface area is 139 Å². The predicted octanol–water partition coefficient (Wildman–Crippen LogP) is 1.12. The molecule has 2 aliphatic rings. The van der Waals surface area contributed by atoms with E-state index in [1.807, 2.05) is 24.9 Å². The van der Waals surface area contributed by atoms with Gasteiger partial charge in [-0.1, -0.05) is 0 Å². The number of halogens is 1. The van der Waals surface area contributed by atoms with E-state index in [0.717, 1.165) is 31.0 Å². The maximum absolute atomic E-state index is 14.0. The van der Waals surface area contributed by atoms with Crippen LogP contribution in [0.5, 0.6) is 5.88 Å². The van der Waals surface area contributed by atoms with E-state index in [2.05, 4.69) is 25.3 Å². The molecule has 0 saturated carbocycles. The molecule has 24 heavy (non-hydrogen) atoms. The summed E-state index contributed by atoms with van der Waals surface area (Å²) in [5, 5.41) is 7.31. The molecule has 4 heterocycles. The molecular weight excluding hydrogens is 311 g/mol. The topological polar surface area (TPSA) is 68.1 Å². The van der Waals surface area contributed by atoms with Crippen LogP contribution in [-0.2, 0) is 20.1 Å². The molecule has 0 amide bonds. The summed E-state index contributed by atoms with van der Waals surface area (Å²) in [5.41, 5.74) is 3.25. The van der Waals surface area contributed by atoms with E-state index < -0.39 is 12.3 Å². The van der Waals surface area contributed by atoms with Crippen LogP contribution in [0.2, 0.25) is 0 Å². The Morgan fingerprint density at radius 3 is 3.00 bits per heavy atom. The number of nitrogens with one attached hydrogen (secondary N) is 1. The van der Waals surface area contributed by atoms with E-state index in [1.165, 1.54) is 17.6 Å². The number of nitrogens with zero attached hydrogens (tertiary/aromatic N) is 5. The van der Waals surface area contributed by atoms with E-state index >= 15 is 0 Å². The van der Waals surface area contributed by atoms with Gasteiger partial charge in [0.1, 0.15) is 24.4 Å². The van der Waals surface area contributed by atoms with Gasteiger partial charge in [-0.15, -0.1) is 0 Å². The fourth-order valence-corrected chi connectivity index (χ4v) is 3.37. The number of hydrogen-bond acceptors (Lipinski definition) is 6. The molecule has 0 aromatic carbocycles. The molecule has 0 bridgehead atoms. The van der Waals surface area contributed by atoms with Gasteiger partial charge in [0.2, 0.25) is 5.88 Å². The van der Waals surface area contributed by atoms with E-state index in [0.29, 0.717) is 18.8 Å². The maximum Gasteiger partial charge on any atom is 0.221 e. The molecule has 1 N–H and O–H groups in total. The number of anilines is 1. The highest BCUT2D eigenvalue weighted by Gasteiger charge is 2.29. The Hall–Kier alpha value is -2.22. The van der Waals surface area contributed by atoms with Crippen LogP contribution in [0.15, 0.2) is 12.5 Å². The number of aryl methyl sites for hydroxylation is 1. The molecule has 2 atom stereocenters. The van der Waals surface area contributed by atoms with Crippen molar-refractivity contribution in [2.24, 2.45) is 7.05 Å². The third-order valence-electron chi connectivity index (χ3n) is 4.77. The maximum atomic E-state index is 14.0. The van der Waals surface area contributed by atoms with Crippen molar-refractivity contribution in [1.29, 1.82) is 0 Å². The molecule has 2 aromatic rings. The van der Waals surface area contributed by atoms with Gasteiger partial charge in [-0.05, 0) is 19.9 Å². The van der Waals surface area contributed by atoms with E-state index in [1.54, 1.807) is 0 Å². The summed E-state index contributed by atoms with van der Waals surface area (Å²) in [6.45, 7) is 4.54. The van der Waals surface area contributed by atoms with Crippen LogP contribution in [0.1, 0.15) is 23.2 Å². The van der Waals surface area contributed by atoms with Crippen LogP contribution in [0, 0.1) is 6.92 Å². The molecule has 1 saturated heterocycles. The number of piperidine rings is 1. The summed E-state index contributed by atoms with van der Waals surface area (Å²) in [5.74, 6) is 1.31. The lowest BCUT2D eigenvalue weighted by molar-refractivity contribution is 0.0686. The molecule has 0 aliphatic carbocycles. The zero-order valence-electron chi connectivity index (χ0n) is 13.9. The van der Waals surface area contributed by atoms with Crippen LogP contribution in [0.4, 0.5) is 10.2 Å². The lowest BCUT2D eigenvalue weighted by Crippen LogP contribution is -2.44. The fourth-order valence-electron chi connectivity index (χ4n) is 3.37. The number of ether oxygens (including phenoxy) is 1. The average molecular weight is 332 g/mol. The van der Waals surface area contributed by atoms with E-state index in [-0.39, 0.29) is 0 Å². The summed E-state index contributed by atoms with van der Waals surface area (Å²) in [4.78, 5) is 10.8. The predicted molar refractivity (Wildman–Crippen MR) is 86.7 cm³/mol. The first kappa shape index (κ1) is 15.3. The summed E-state index contributed by atoms with van der Waals surface area (Å²) in [7, 11) is 1.95. The first-order valence-electron chi connectivity index (χ1n) is 8.21. The number of hydrogen-bond donors (Lipinski definition) is 1. The molecule has 2 aromatic heterocycles. The van der Waals surface area contributed by atoms with Gasteiger partial charge in [-0.3, -0.25) is 4.68 Å². The molecule has 0 unspecified atom stereocenters. The summed E-state index contributed by atoms with van der Waals surface area (Å²) >= 11 is 0. The number of alkyl halides is 1. The summed E-state index contributed by atoms with van der Waals surface area (Å²) < 4.78 is 21.8. The molecule has 128 valence electrons. The van der Waals surface area contributed by atoms with Crippen molar-refractivity contribution in [1.82, 2.24) is 25.1 Å². The Morgan fingerprint density at radius 2 is 2.21 bits per heavy atom. The van der Waals surface area contributed by atoms with Gasteiger partial charge in [0, 0.05) is 25.7 Å². The molecule has 0 spiro atoms.